The van der Waals surface area contributed by atoms with Gasteiger partial charge in [0.2, 0.25) is 0 Å². The molecule has 0 fully saturated rings. The predicted octanol–water partition coefficient (Wildman–Crippen LogP) is 2.10. The lowest BCUT2D eigenvalue weighted by Crippen LogP contribution is -2.09. The van der Waals surface area contributed by atoms with Crippen LogP contribution in [0.1, 0.15) is 24.5 Å². The molecular weight excluding hydrogens is 204 g/mol. The molecule has 1 N–H and O–H groups in total. The third-order valence-corrected chi connectivity index (χ3v) is 2.66. The van der Waals surface area contributed by atoms with Gasteiger partial charge < -0.3 is 9.94 Å². The van der Waals surface area contributed by atoms with Crippen LogP contribution in [0, 0.1) is 11.3 Å². The Balaban J connectivity index is 2.37. The maximum absolute atomic E-state index is 8.83. The molecule has 0 aliphatic heterocycles. The molecule has 0 radical (unpaired) electrons. The van der Waals surface area contributed by atoms with Crippen molar-refractivity contribution in [3.05, 3.63) is 29.3 Å². The summed E-state index contributed by atoms with van der Waals surface area (Å²) >= 11 is 0. The van der Waals surface area contributed by atoms with Crippen LogP contribution in [0.4, 0.5) is 0 Å². The number of hydrogen-bond acceptors (Lipinski definition) is 4. The molecule has 0 saturated heterocycles. The number of ether oxygens (including phenoxy) is 1. The molecule has 0 heterocycles. The van der Waals surface area contributed by atoms with Crippen LogP contribution in [0.2, 0.25) is 0 Å². The average Bonchev–Trinajstić information content (AvgIpc) is 2.73. The predicted molar refractivity (Wildman–Crippen MR) is 58.8 cm³/mol. The monoisotopic (exact) mass is 216 g/mol. The zero-order valence-electron chi connectivity index (χ0n) is 8.97. The molecule has 1 aliphatic carbocycles. The Hall–Kier alpha value is -2.02. The first-order chi connectivity index (χ1) is 7.76. The van der Waals surface area contributed by atoms with Gasteiger partial charge in [-0.15, -0.1) is 0 Å². The van der Waals surface area contributed by atoms with Crippen LogP contribution in [0.15, 0.2) is 23.4 Å². The SMILES string of the molecule is CC(C#N)Oc1cccc2c1CCC2=NO. The second-order valence-corrected chi connectivity index (χ2v) is 3.72. The van der Waals surface area contributed by atoms with Gasteiger partial charge in [-0.1, -0.05) is 17.3 Å². The van der Waals surface area contributed by atoms with E-state index in [-0.39, 0.29) is 0 Å². The normalized spacial score (nSPS) is 17.9. The van der Waals surface area contributed by atoms with Gasteiger partial charge in [0, 0.05) is 11.1 Å². The quantitative estimate of drug-likeness (QED) is 0.608. The van der Waals surface area contributed by atoms with Crippen molar-refractivity contribution in [1.82, 2.24) is 0 Å². The number of oxime groups is 1. The summed E-state index contributed by atoms with van der Waals surface area (Å²) in [5.41, 5.74) is 2.63. The number of hydrogen-bond donors (Lipinski definition) is 1. The highest BCUT2D eigenvalue weighted by Gasteiger charge is 2.22. The van der Waals surface area contributed by atoms with Crippen LogP contribution in [-0.4, -0.2) is 17.0 Å². The van der Waals surface area contributed by atoms with E-state index in [1.54, 1.807) is 6.92 Å². The first-order valence-electron chi connectivity index (χ1n) is 5.15. The van der Waals surface area contributed by atoms with Crippen molar-refractivity contribution in [3.8, 4) is 11.8 Å². The summed E-state index contributed by atoms with van der Waals surface area (Å²) in [5, 5.41) is 20.8. The second kappa shape index (κ2) is 4.23. The summed E-state index contributed by atoms with van der Waals surface area (Å²) in [7, 11) is 0. The van der Waals surface area contributed by atoms with Crippen LogP contribution in [-0.2, 0) is 6.42 Å². The van der Waals surface area contributed by atoms with Gasteiger partial charge in [0.1, 0.15) is 11.8 Å². The Morgan fingerprint density at radius 2 is 2.31 bits per heavy atom. The largest absolute Gasteiger partial charge is 0.476 e. The maximum Gasteiger partial charge on any atom is 0.181 e. The van der Waals surface area contributed by atoms with Gasteiger partial charge >= 0.3 is 0 Å². The average molecular weight is 216 g/mol. The smallest absolute Gasteiger partial charge is 0.181 e. The topological polar surface area (TPSA) is 65.6 Å². The Kier molecular flexibility index (Phi) is 2.78. The van der Waals surface area contributed by atoms with Crippen molar-refractivity contribution in [1.29, 1.82) is 5.26 Å². The molecule has 0 amide bonds. The molecule has 1 atom stereocenters. The van der Waals surface area contributed by atoms with E-state index in [0.29, 0.717) is 17.9 Å². The van der Waals surface area contributed by atoms with Crippen LogP contribution in [0.5, 0.6) is 5.75 Å². The van der Waals surface area contributed by atoms with E-state index in [4.69, 9.17) is 15.2 Å². The van der Waals surface area contributed by atoms with Crippen LogP contribution < -0.4 is 4.74 Å². The van der Waals surface area contributed by atoms with Crippen molar-refractivity contribution < 1.29 is 9.94 Å². The fourth-order valence-corrected chi connectivity index (χ4v) is 1.90. The zero-order chi connectivity index (χ0) is 11.5. The van der Waals surface area contributed by atoms with E-state index in [2.05, 4.69) is 5.16 Å². The van der Waals surface area contributed by atoms with Gasteiger partial charge in [0.25, 0.3) is 0 Å². The molecule has 0 aromatic heterocycles. The van der Waals surface area contributed by atoms with E-state index < -0.39 is 6.10 Å². The number of fused-ring (bicyclic) bond motifs is 1. The van der Waals surface area contributed by atoms with Gasteiger partial charge in [-0.3, -0.25) is 0 Å². The molecule has 4 heteroatoms. The summed E-state index contributed by atoms with van der Waals surface area (Å²) in [5.74, 6) is 0.713. The highest BCUT2D eigenvalue weighted by molar-refractivity contribution is 6.04. The van der Waals surface area contributed by atoms with Gasteiger partial charge in [0.15, 0.2) is 6.10 Å². The van der Waals surface area contributed by atoms with Crippen LogP contribution in [0.3, 0.4) is 0 Å². The van der Waals surface area contributed by atoms with Crippen molar-refractivity contribution >= 4 is 5.71 Å². The Labute approximate surface area is 93.8 Å². The van der Waals surface area contributed by atoms with Gasteiger partial charge in [-0.05, 0) is 25.8 Å². The molecule has 0 spiro atoms. The minimum Gasteiger partial charge on any atom is -0.476 e. The lowest BCUT2D eigenvalue weighted by atomic mass is 10.1. The standard InChI is InChI=1S/C12H12N2O2/c1-8(7-13)16-12-4-2-3-9-10(12)5-6-11(9)14-15/h2-4,8,15H,5-6H2,1H3. The number of rotatable bonds is 2. The highest BCUT2D eigenvalue weighted by Crippen LogP contribution is 2.31. The first kappa shape index (κ1) is 10.5. The highest BCUT2D eigenvalue weighted by atomic mass is 16.5. The minimum atomic E-state index is -0.471. The van der Waals surface area contributed by atoms with Crippen LogP contribution >= 0.6 is 0 Å². The molecule has 0 saturated carbocycles. The van der Waals surface area contributed by atoms with E-state index >= 15 is 0 Å². The van der Waals surface area contributed by atoms with E-state index in [1.165, 1.54) is 0 Å². The van der Waals surface area contributed by atoms with E-state index in [9.17, 15) is 0 Å². The van der Waals surface area contributed by atoms with Gasteiger partial charge in [-0.25, -0.2) is 0 Å². The van der Waals surface area contributed by atoms with Crippen molar-refractivity contribution in [2.45, 2.75) is 25.9 Å². The molecule has 1 aromatic carbocycles. The third-order valence-electron chi connectivity index (χ3n) is 2.66. The fraction of sp³-hybridized carbons (Fsp3) is 0.333. The van der Waals surface area contributed by atoms with Gasteiger partial charge in [0.05, 0.1) is 5.71 Å². The number of nitriles is 1. The van der Waals surface area contributed by atoms with E-state index in [1.807, 2.05) is 24.3 Å². The summed E-state index contributed by atoms with van der Waals surface area (Å²) < 4.78 is 5.50. The van der Waals surface area contributed by atoms with Crippen molar-refractivity contribution in [2.24, 2.45) is 5.16 Å². The Morgan fingerprint density at radius 1 is 1.50 bits per heavy atom. The molecule has 1 aliphatic rings. The molecule has 16 heavy (non-hydrogen) atoms. The fourth-order valence-electron chi connectivity index (χ4n) is 1.90. The third kappa shape index (κ3) is 1.72. The molecule has 82 valence electrons. The summed E-state index contributed by atoms with van der Waals surface area (Å²) in [4.78, 5) is 0. The van der Waals surface area contributed by atoms with E-state index in [0.717, 1.165) is 17.5 Å². The molecule has 1 unspecified atom stereocenters. The lowest BCUT2D eigenvalue weighted by Gasteiger charge is -2.11. The molecule has 4 nitrogen and oxygen atoms in total. The first-order valence-corrected chi connectivity index (χ1v) is 5.15. The van der Waals surface area contributed by atoms with Crippen molar-refractivity contribution in [3.63, 3.8) is 0 Å². The minimum absolute atomic E-state index is 0.471. The van der Waals surface area contributed by atoms with Crippen molar-refractivity contribution in [2.75, 3.05) is 0 Å². The summed E-state index contributed by atoms with van der Waals surface area (Å²) in [6.07, 6.45) is 1.04. The Morgan fingerprint density at radius 3 is 3.00 bits per heavy atom. The maximum atomic E-state index is 8.83. The molecular formula is C12H12N2O2. The molecule has 1 aromatic rings. The summed E-state index contributed by atoms with van der Waals surface area (Å²) in [6.45, 7) is 1.70. The Bertz CT molecular complexity index is 474. The number of benzene rings is 1. The lowest BCUT2D eigenvalue weighted by molar-refractivity contribution is 0.274. The van der Waals surface area contributed by atoms with Gasteiger partial charge in [-0.2, -0.15) is 5.26 Å². The van der Waals surface area contributed by atoms with Crippen LogP contribution in [0.25, 0.3) is 0 Å². The molecule has 2 rings (SSSR count). The summed E-state index contributed by atoms with van der Waals surface area (Å²) in [6, 6.07) is 7.61. The second-order valence-electron chi connectivity index (χ2n) is 3.72. The number of nitrogens with zero attached hydrogens (tertiary/aromatic N) is 2. The zero-order valence-corrected chi connectivity index (χ0v) is 8.97. The molecule has 0 bridgehead atoms.